The third-order valence-corrected chi connectivity index (χ3v) is 7.90. The molecule has 1 aliphatic rings. The molecule has 1 fully saturated rings. The Balaban J connectivity index is 1.63. The number of alkyl halides is 2. The van der Waals surface area contributed by atoms with Gasteiger partial charge in [0, 0.05) is 41.8 Å². The highest BCUT2D eigenvalue weighted by molar-refractivity contribution is 6.35. The van der Waals surface area contributed by atoms with Crippen LogP contribution in [0.2, 0.25) is 5.02 Å². The minimum Gasteiger partial charge on any atom is -0.383 e. The van der Waals surface area contributed by atoms with Crippen LogP contribution in [0.5, 0.6) is 0 Å². The van der Waals surface area contributed by atoms with Crippen LogP contribution < -0.4 is 22.2 Å². The molecular weight excluding hydrogens is 560 g/mol. The van der Waals surface area contributed by atoms with Crippen LogP contribution in [0, 0.1) is 16.7 Å². The van der Waals surface area contributed by atoms with Gasteiger partial charge in [0.2, 0.25) is 0 Å². The van der Waals surface area contributed by atoms with Gasteiger partial charge < -0.3 is 21.4 Å². The lowest BCUT2D eigenvalue weighted by atomic mass is 9.96. The monoisotopic (exact) mass is 594 g/mol. The van der Waals surface area contributed by atoms with Gasteiger partial charge in [0.15, 0.2) is 0 Å². The number of anilines is 2. The Kier molecular flexibility index (Phi) is 7.74. The van der Waals surface area contributed by atoms with E-state index < -0.39 is 18.0 Å². The van der Waals surface area contributed by atoms with Crippen LogP contribution in [0.4, 0.5) is 20.2 Å². The summed E-state index contributed by atoms with van der Waals surface area (Å²) in [5.74, 6) is 6.19. The van der Waals surface area contributed by atoms with Crippen LogP contribution in [-0.4, -0.2) is 38.3 Å². The number of nitrogens with two attached hydrogens (primary N) is 1. The molecular formula is C30H35ClF2N9+. The van der Waals surface area contributed by atoms with Gasteiger partial charge in [-0.25, -0.2) is 14.6 Å². The molecule has 1 saturated carbocycles. The maximum absolute atomic E-state index is 13.8. The van der Waals surface area contributed by atoms with Crippen molar-refractivity contribution in [1.82, 2.24) is 19.8 Å². The lowest BCUT2D eigenvalue weighted by Crippen LogP contribution is -2.54. The fraction of sp³-hybridized carbons (Fsp3) is 0.367. The molecule has 1 unspecified atom stereocenters. The van der Waals surface area contributed by atoms with E-state index in [9.17, 15) is 14.0 Å². The Morgan fingerprint density at radius 3 is 2.69 bits per heavy atom. The minimum absolute atomic E-state index is 0.0479. The number of nitriles is 1. The number of hydrogen-bond donors (Lipinski definition) is 4. The van der Waals surface area contributed by atoms with Gasteiger partial charge in [-0.3, -0.25) is 9.67 Å². The summed E-state index contributed by atoms with van der Waals surface area (Å²) in [6.07, 6.45) is 2.79. The Morgan fingerprint density at radius 2 is 2.05 bits per heavy atom. The van der Waals surface area contributed by atoms with E-state index in [1.807, 2.05) is 31.3 Å². The van der Waals surface area contributed by atoms with Crippen molar-refractivity contribution in [2.75, 3.05) is 17.2 Å². The Labute approximate surface area is 248 Å². The number of hydrogen-bond acceptors (Lipinski definition) is 7. The third-order valence-electron chi connectivity index (χ3n) is 7.61. The molecule has 1 aliphatic carbocycles. The van der Waals surface area contributed by atoms with Gasteiger partial charge in [-0.2, -0.15) is 10.4 Å². The number of halogens is 3. The number of nitrogens with zero attached hydrogens (tertiary/aromatic N) is 5. The first-order chi connectivity index (χ1) is 19.8. The van der Waals surface area contributed by atoms with Crippen molar-refractivity contribution in [1.29, 1.82) is 5.26 Å². The maximum atomic E-state index is 13.8. The number of aromatic nitrogens is 3. The van der Waals surface area contributed by atoms with Crippen molar-refractivity contribution in [3.05, 3.63) is 70.8 Å². The number of fused-ring (bicyclic) bond motifs is 2. The summed E-state index contributed by atoms with van der Waals surface area (Å²) < 4.78 is 29.5. The Hall–Kier alpha value is -3.98. The molecule has 5 rings (SSSR count). The second-order valence-electron chi connectivity index (χ2n) is 12.1. The molecule has 220 valence electrons. The SMILES string of the molecule is Cn1ncc2cccc(C(Nc3cc(Cl)c4ncc(C#N)c(NCC(C)(C)C)c4c3)C([NH3+])=CN(N)C3(C(F)F)CC3)c21. The van der Waals surface area contributed by atoms with Gasteiger partial charge in [0.05, 0.1) is 39.7 Å². The molecule has 0 bridgehead atoms. The summed E-state index contributed by atoms with van der Waals surface area (Å²) in [5, 5.41) is 24.3. The molecule has 1 atom stereocenters. The molecule has 2 aromatic carbocycles. The zero-order valence-corrected chi connectivity index (χ0v) is 24.8. The van der Waals surface area contributed by atoms with Gasteiger partial charge >= 0.3 is 0 Å². The summed E-state index contributed by atoms with van der Waals surface area (Å²) in [4.78, 5) is 4.45. The molecule has 0 aliphatic heterocycles. The average Bonchev–Trinajstić information content (AvgIpc) is 3.67. The number of quaternary nitrogens is 1. The van der Waals surface area contributed by atoms with E-state index in [1.165, 1.54) is 12.4 Å². The van der Waals surface area contributed by atoms with Crippen molar-refractivity contribution >= 4 is 44.8 Å². The molecule has 12 heteroatoms. The number of hydrazine groups is 1. The largest absolute Gasteiger partial charge is 0.383 e. The first-order valence-electron chi connectivity index (χ1n) is 13.6. The highest BCUT2D eigenvalue weighted by Gasteiger charge is 2.55. The average molecular weight is 595 g/mol. The molecule has 4 aromatic rings. The fourth-order valence-corrected chi connectivity index (χ4v) is 5.37. The normalized spacial score (nSPS) is 15.6. The predicted molar refractivity (Wildman–Crippen MR) is 161 cm³/mol. The first-order valence-corrected chi connectivity index (χ1v) is 14.0. The van der Waals surface area contributed by atoms with E-state index in [-0.39, 0.29) is 5.41 Å². The summed E-state index contributed by atoms with van der Waals surface area (Å²) in [7, 11) is 1.84. The summed E-state index contributed by atoms with van der Waals surface area (Å²) in [6, 6.07) is 11.1. The first kappa shape index (κ1) is 29.5. The summed E-state index contributed by atoms with van der Waals surface area (Å²) >= 11 is 6.75. The van der Waals surface area contributed by atoms with E-state index in [1.54, 1.807) is 16.9 Å². The zero-order chi connectivity index (χ0) is 30.4. The zero-order valence-electron chi connectivity index (χ0n) is 24.0. The van der Waals surface area contributed by atoms with E-state index in [2.05, 4.69) is 53.3 Å². The molecule has 9 nitrogen and oxygen atoms in total. The minimum atomic E-state index is -2.58. The highest BCUT2D eigenvalue weighted by atomic mass is 35.5. The molecule has 7 N–H and O–H groups in total. The predicted octanol–water partition coefficient (Wildman–Crippen LogP) is 5.31. The second-order valence-corrected chi connectivity index (χ2v) is 12.5. The van der Waals surface area contributed by atoms with E-state index in [4.69, 9.17) is 17.4 Å². The van der Waals surface area contributed by atoms with Crippen LogP contribution in [0.15, 0.2) is 54.6 Å². The van der Waals surface area contributed by atoms with Crippen molar-refractivity contribution in [3.8, 4) is 6.07 Å². The molecule has 42 heavy (non-hydrogen) atoms. The van der Waals surface area contributed by atoms with Gasteiger partial charge in [-0.1, -0.05) is 50.6 Å². The van der Waals surface area contributed by atoms with Crippen LogP contribution in [0.1, 0.15) is 50.8 Å². The van der Waals surface area contributed by atoms with Crippen LogP contribution in [-0.2, 0) is 7.05 Å². The lowest BCUT2D eigenvalue weighted by molar-refractivity contribution is -0.310. The third kappa shape index (κ3) is 5.57. The molecule has 0 amide bonds. The Morgan fingerprint density at radius 1 is 1.31 bits per heavy atom. The molecule has 2 heterocycles. The maximum Gasteiger partial charge on any atom is 0.262 e. The van der Waals surface area contributed by atoms with Crippen LogP contribution in [0.3, 0.4) is 0 Å². The van der Waals surface area contributed by atoms with Gasteiger partial charge in [0.25, 0.3) is 6.43 Å². The van der Waals surface area contributed by atoms with Crippen molar-refractivity contribution < 1.29 is 14.5 Å². The molecule has 0 radical (unpaired) electrons. The van der Waals surface area contributed by atoms with Gasteiger partial charge in [0.1, 0.15) is 23.3 Å². The number of para-hydroxylation sites is 1. The van der Waals surface area contributed by atoms with Gasteiger partial charge in [-0.05, 0) is 30.4 Å². The van der Waals surface area contributed by atoms with Crippen LogP contribution in [0.25, 0.3) is 21.8 Å². The summed E-state index contributed by atoms with van der Waals surface area (Å²) in [6.45, 7) is 6.91. The van der Waals surface area contributed by atoms with E-state index in [0.717, 1.165) is 21.5 Å². The second kappa shape index (κ2) is 11.0. The Bertz CT molecular complexity index is 1710. The van der Waals surface area contributed by atoms with E-state index in [0.29, 0.717) is 57.9 Å². The molecule has 0 spiro atoms. The van der Waals surface area contributed by atoms with E-state index >= 15 is 0 Å². The van der Waals surface area contributed by atoms with Gasteiger partial charge in [-0.15, -0.1) is 0 Å². The fourth-order valence-electron chi connectivity index (χ4n) is 5.10. The number of aryl methyl sites for hydroxylation is 1. The standard InChI is InChI=1S/C30H34ClF2N9/c1-29(2,3)16-38-24-18(12-34)13-37-25-21(24)10-19(11-22(25)31)40-26(20-7-5-6-17-14-39-41(4)27(17)20)23(35)15-42(36)30(8-9-30)28(32)33/h5-7,10-11,13-15,26,28,40H,8-9,16,35-36H2,1-4H3,(H,37,38)/p+1. The van der Waals surface area contributed by atoms with Crippen molar-refractivity contribution in [2.45, 2.75) is 51.6 Å². The summed E-state index contributed by atoms with van der Waals surface area (Å²) in [5.41, 5.74) is 7.20. The lowest BCUT2D eigenvalue weighted by Gasteiger charge is -2.27. The van der Waals surface area contributed by atoms with Crippen LogP contribution >= 0.6 is 11.6 Å². The van der Waals surface area contributed by atoms with Crippen molar-refractivity contribution in [3.63, 3.8) is 0 Å². The molecule has 2 aromatic heterocycles. The smallest absolute Gasteiger partial charge is 0.262 e. The number of benzene rings is 2. The number of pyridine rings is 1. The topological polar surface area (TPSA) is 135 Å². The quantitative estimate of drug-likeness (QED) is 0.152. The van der Waals surface area contributed by atoms with Crippen molar-refractivity contribution in [2.24, 2.45) is 18.3 Å². The number of nitrogens with one attached hydrogen (secondary N) is 2. The molecule has 0 saturated heterocycles. The highest BCUT2D eigenvalue weighted by Crippen LogP contribution is 2.46. The number of rotatable bonds is 9.